The highest BCUT2D eigenvalue weighted by atomic mass is 35.5. The van der Waals surface area contributed by atoms with Gasteiger partial charge in [0, 0.05) is 19.6 Å². The van der Waals surface area contributed by atoms with E-state index < -0.39 is 0 Å². The third-order valence-electron chi connectivity index (χ3n) is 4.38. The Bertz CT molecular complexity index is 291. The SMILES string of the molecule is CCN(CC)CC1CCN(C(=O)[C@@H](N)CC(C)C)CC1.Cl.Cl. The molecule has 0 unspecified atom stereocenters. The lowest BCUT2D eigenvalue weighted by atomic mass is 9.95. The zero-order valence-electron chi connectivity index (χ0n) is 14.6. The number of carbonyl (C=O) groups is 1. The Balaban J connectivity index is 0. The maximum absolute atomic E-state index is 12.3. The molecule has 134 valence electrons. The van der Waals surface area contributed by atoms with Crippen molar-refractivity contribution in [3.8, 4) is 0 Å². The first-order chi connectivity index (χ1) is 9.47. The Labute approximate surface area is 149 Å². The molecule has 6 heteroatoms. The Kier molecular flexibility index (Phi) is 13.7. The van der Waals surface area contributed by atoms with Crippen molar-refractivity contribution in [2.24, 2.45) is 17.6 Å². The summed E-state index contributed by atoms with van der Waals surface area (Å²) in [4.78, 5) is 16.7. The second-order valence-electron chi connectivity index (χ2n) is 6.49. The van der Waals surface area contributed by atoms with Gasteiger partial charge in [0.05, 0.1) is 6.04 Å². The first-order valence-corrected chi connectivity index (χ1v) is 8.24. The molecule has 1 rings (SSSR count). The van der Waals surface area contributed by atoms with Gasteiger partial charge in [0.2, 0.25) is 5.91 Å². The van der Waals surface area contributed by atoms with Gasteiger partial charge < -0.3 is 15.5 Å². The quantitative estimate of drug-likeness (QED) is 0.763. The molecule has 0 aliphatic carbocycles. The molecule has 1 atom stereocenters. The Morgan fingerprint density at radius 2 is 1.68 bits per heavy atom. The highest BCUT2D eigenvalue weighted by molar-refractivity contribution is 5.85. The van der Waals surface area contributed by atoms with Crippen molar-refractivity contribution in [3.63, 3.8) is 0 Å². The van der Waals surface area contributed by atoms with Crippen molar-refractivity contribution >= 4 is 30.7 Å². The second kappa shape index (κ2) is 12.4. The summed E-state index contributed by atoms with van der Waals surface area (Å²) in [5.74, 6) is 1.37. The van der Waals surface area contributed by atoms with E-state index in [1.165, 1.54) is 6.54 Å². The first kappa shape index (κ1) is 24.2. The van der Waals surface area contributed by atoms with Crippen LogP contribution in [-0.4, -0.2) is 54.5 Å². The van der Waals surface area contributed by atoms with Crippen LogP contribution in [0, 0.1) is 11.8 Å². The molecule has 0 aromatic heterocycles. The van der Waals surface area contributed by atoms with Crippen LogP contribution in [0.2, 0.25) is 0 Å². The van der Waals surface area contributed by atoms with Crippen LogP contribution in [0.3, 0.4) is 0 Å². The van der Waals surface area contributed by atoms with E-state index in [1.54, 1.807) is 0 Å². The van der Waals surface area contributed by atoms with Gasteiger partial charge in [-0.15, -0.1) is 24.8 Å². The summed E-state index contributed by atoms with van der Waals surface area (Å²) in [6, 6.07) is -0.311. The topological polar surface area (TPSA) is 49.6 Å². The average Bonchev–Trinajstić information content (AvgIpc) is 2.43. The number of likely N-dealkylation sites (tertiary alicyclic amines) is 1. The van der Waals surface area contributed by atoms with Crippen LogP contribution in [0.1, 0.15) is 47.0 Å². The minimum absolute atomic E-state index is 0. The minimum Gasteiger partial charge on any atom is -0.341 e. The second-order valence-corrected chi connectivity index (χ2v) is 6.49. The van der Waals surface area contributed by atoms with E-state index in [0.29, 0.717) is 5.92 Å². The summed E-state index contributed by atoms with van der Waals surface area (Å²) in [5.41, 5.74) is 6.01. The average molecular weight is 356 g/mol. The van der Waals surface area contributed by atoms with E-state index in [2.05, 4.69) is 32.6 Å². The van der Waals surface area contributed by atoms with Crippen molar-refractivity contribution in [2.75, 3.05) is 32.7 Å². The Hall–Kier alpha value is -0.0300. The molecule has 22 heavy (non-hydrogen) atoms. The van der Waals surface area contributed by atoms with Crippen molar-refractivity contribution in [3.05, 3.63) is 0 Å². The van der Waals surface area contributed by atoms with E-state index in [1.807, 2.05) is 4.90 Å². The molecule has 1 fully saturated rings. The van der Waals surface area contributed by atoms with Gasteiger partial charge in [0.25, 0.3) is 0 Å². The number of carbonyl (C=O) groups excluding carboxylic acids is 1. The fourth-order valence-electron chi connectivity index (χ4n) is 3.03. The zero-order chi connectivity index (χ0) is 15.1. The predicted octanol–water partition coefficient (Wildman–Crippen LogP) is 2.78. The molecule has 0 radical (unpaired) electrons. The predicted molar refractivity (Wildman–Crippen MR) is 99.0 cm³/mol. The lowest BCUT2D eigenvalue weighted by Crippen LogP contribution is -2.48. The molecule has 1 amide bonds. The molecule has 4 nitrogen and oxygen atoms in total. The van der Waals surface area contributed by atoms with Gasteiger partial charge in [-0.3, -0.25) is 4.79 Å². The molecular formula is C16H35Cl2N3O. The van der Waals surface area contributed by atoms with Gasteiger partial charge >= 0.3 is 0 Å². The number of amides is 1. The molecule has 0 aromatic carbocycles. The molecular weight excluding hydrogens is 321 g/mol. The van der Waals surface area contributed by atoms with E-state index >= 15 is 0 Å². The van der Waals surface area contributed by atoms with Gasteiger partial charge in [-0.2, -0.15) is 0 Å². The third-order valence-corrected chi connectivity index (χ3v) is 4.38. The van der Waals surface area contributed by atoms with Gasteiger partial charge in [0.15, 0.2) is 0 Å². The van der Waals surface area contributed by atoms with Gasteiger partial charge in [-0.1, -0.05) is 27.7 Å². The monoisotopic (exact) mass is 355 g/mol. The normalized spacial score (nSPS) is 17.1. The molecule has 1 saturated heterocycles. The summed E-state index contributed by atoms with van der Waals surface area (Å²) < 4.78 is 0. The number of hydrogen-bond acceptors (Lipinski definition) is 3. The van der Waals surface area contributed by atoms with Crippen molar-refractivity contribution < 1.29 is 4.79 Å². The number of nitrogens with two attached hydrogens (primary N) is 1. The van der Waals surface area contributed by atoms with Crippen LogP contribution >= 0.6 is 24.8 Å². The zero-order valence-corrected chi connectivity index (χ0v) is 16.2. The van der Waals surface area contributed by atoms with Gasteiger partial charge in [-0.25, -0.2) is 0 Å². The largest absolute Gasteiger partial charge is 0.341 e. The summed E-state index contributed by atoms with van der Waals surface area (Å²) in [6.45, 7) is 13.8. The lowest BCUT2D eigenvalue weighted by molar-refractivity contribution is -0.134. The standard InChI is InChI=1S/C16H33N3O.2ClH/c1-5-18(6-2)12-14-7-9-19(10-8-14)16(20)15(17)11-13(3)4;;/h13-15H,5-12,17H2,1-4H3;2*1H/t15-;;/m0../s1. The van der Waals surface area contributed by atoms with Crippen molar-refractivity contribution in [1.82, 2.24) is 9.80 Å². The van der Waals surface area contributed by atoms with E-state index in [4.69, 9.17) is 5.73 Å². The number of hydrogen-bond donors (Lipinski definition) is 1. The number of halogens is 2. The van der Waals surface area contributed by atoms with Crippen LogP contribution < -0.4 is 5.73 Å². The van der Waals surface area contributed by atoms with E-state index in [9.17, 15) is 4.79 Å². The molecule has 1 heterocycles. The van der Waals surface area contributed by atoms with Crippen LogP contribution in [0.5, 0.6) is 0 Å². The summed E-state index contributed by atoms with van der Waals surface area (Å²) in [6.07, 6.45) is 3.03. The van der Waals surface area contributed by atoms with E-state index in [-0.39, 0.29) is 36.8 Å². The highest BCUT2D eigenvalue weighted by Crippen LogP contribution is 2.19. The fourth-order valence-corrected chi connectivity index (χ4v) is 3.03. The van der Waals surface area contributed by atoms with Crippen LogP contribution in [0.25, 0.3) is 0 Å². The molecule has 0 aromatic rings. The number of rotatable bonds is 7. The van der Waals surface area contributed by atoms with Crippen LogP contribution in [-0.2, 0) is 4.79 Å². The molecule has 0 spiro atoms. The third kappa shape index (κ3) is 8.00. The van der Waals surface area contributed by atoms with Gasteiger partial charge in [-0.05, 0) is 44.2 Å². The summed E-state index contributed by atoms with van der Waals surface area (Å²) in [5, 5.41) is 0. The van der Waals surface area contributed by atoms with E-state index in [0.717, 1.165) is 51.4 Å². The van der Waals surface area contributed by atoms with Crippen LogP contribution in [0.15, 0.2) is 0 Å². The summed E-state index contributed by atoms with van der Waals surface area (Å²) >= 11 is 0. The maximum atomic E-state index is 12.3. The lowest BCUT2D eigenvalue weighted by Gasteiger charge is -2.35. The van der Waals surface area contributed by atoms with Crippen molar-refractivity contribution in [1.29, 1.82) is 0 Å². The highest BCUT2D eigenvalue weighted by Gasteiger charge is 2.27. The van der Waals surface area contributed by atoms with Crippen molar-refractivity contribution in [2.45, 2.75) is 53.0 Å². The molecule has 1 aliphatic rings. The Morgan fingerprint density at radius 3 is 2.09 bits per heavy atom. The smallest absolute Gasteiger partial charge is 0.239 e. The molecule has 0 bridgehead atoms. The Morgan fingerprint density at radius 1 is 1.18 bits per heavy atom. The number of piperidine rings is 1. The molecule has 2 N–H and O–H groups in total. The maximum Gasteiger partial charge on any atom is 0.239 e. The van der Waals surface area contributed by atoms with Crippen LogP contribution in [0.4, 0.5) is 0 Å². The summed E-state index contributed by atoms with van der Waals surface area (Å²) in [7, 11) is 0. The number of nitrogens with zero attached hydrogens (tertiary/aromatic N) is 2. The molecule has 1 aliphatic heterocycles. The van der Waals surface area contributed by atoms with Gasteiger partial charge in [0.1, 0.15) is 0 Å². The fraction of sp³-hybridized carbons (Fsp3) is 0.938. The minimum atomic E-state index is -0.311. The first-order valence-electron chi connectivity index (χ1n) is 8.24. The molecule has 0 saturated carbocycles.